The smallest absolute Gasteiger partial charge is 0.0540 e. The molecule has 1 nitrogen and oxygen atoms in total. The molecule has 0 amide bonds. The highest BCUT2D eigenvalue weighted by atomic mass is 16.3. The molecule has 1 saturated carbocycles. The third kappa shape index (κ3) is 2.48. The van der Waals surface area contributed by atoms with Gasteiger partial charge in [-0.25, -0.2) is 0 Å². The lowest BCUT2D eigenvalue weighted by molar-refractivity contribution is 0.0700. The molecular weight excluding hydrogens is 136 g/mol. The maximum Gasteiger partial charge on any atom is 0.0540 e. The first-order chi connectivity index (χ1) is 5.01. The maximum absolute atomic E-state index is 9.35. The van der Waals surface area contributed by atoms with Crippen molar-refractivity contribution in [3.63, 3.8) is 0 Å². The van der Waals surface area contributed by atoms with Gasteiger partial charge in [-0.05, 0) is 43.9 Å². The zero-order chi connectivity index (χ0) is 8.48. The number of aliphatic hydroxyl groups excluding tert-OH is 1. The molecule has 0 spiro atoms. The predicted octanol–water partition coefficient (Wildman–Crippen LogP) is 2.58. The van der Waals surface area contributed by atoms with Crippen molar-refractivity contribution in [2.45, 2.75) is 52.6 Å². The van der Waals surface area contributed by atoms with Gasteiger partial charge in [-0.2, -0.15) is 0 Å². The quantitative estimate of drug-likeness (QED) is 0.618. The van der Waals surface area contributed by atoms with Crippen molar-refractivity contribution in [3.05, 3.63) is 0 Å². The van der Waals surface area contributed by atoms with Gasteiger partial charge in [-0.1, -0.05) is 13.8 Å². The lowest BCUT2D eigenvalue weighted by atomic mass is 9.72. The molecular formula is C10H20O. The summed E-state index contributed by atoms with van der Waals surface area (Å²) >= 11 is 0. The molecule has 0 aromatic heterocycles. The van der Waals surface area contributed by atoms with E-state index in [1.807, 2.05) is 6.92 Å². The number of hydrogen-bond acceptors (Lipinski definition) is 1. The zero-order valence-electron chi connectivity index (χ0n) is 7.93. The second kappa shape index (κ2) is 3.14. The van der Waals surface area contributed by atoms with Crippen LogP contribution >= 0.6 is 0 Å². The summed E-state index contributed by atoms with van der Waals surface area (Å²) in [6.07, 6.45) is 4.89. The van der Waals surface area contributed by atoms with E-state index in [2.05, 4.69) is 13.8 Å². The highest BCUT2D eigenvalue weighted by Crippen LogP contribution is 2.38. The fourth-order valence-corrected chi connectivity index (χ4v) is 1.90. The molecule has 1 aliphatic carbocycles. The van der Waals surface area contributed by atoms with Crippen molar-refractivity contribution in [1.29, 1.82) is 0 Å². The monoisotopic (exact) mass is 156 g/mol. The zero-order valence-corrected chi connectivity index (χ0v) is 7.93. The fraction of sp³-hybridized carbons (Fsp3) is 1.00. The third-order valence-corrected chi connectivity index (χ3v) is 3.07. The normalized spacial score (nSPS) is 28.4. The van der Waals surface area contributed by atoms with Gasteiger partial charge in [0.15, 0.2) is 0 Å². The van der Waals surface area contributed by atoms with Gasteiger partial charge in [0.1, 0.15) is 0 Å². The van der Waals surface area contributed by atoms with Gasteiger partial charge >= 0.3 is 0 Å². The average Bonchev–Trinajstić information content (AvgIpc) is 1.86. The molecule has 1 fully saturated rings. The molecule has 11 heavy (non-hydrogen) atoms. The van der Waals surface area contributed by atoms with Crippen LogP contribution < -0.4 is 0 Å². The highest BCUT2D eigenvalue weighted by Gasteiger charge is 2.28. The van der Waals surface area contributed by atoms with E-state index >= 15 is 0 Å². The van der Waals surface area contributed by atoms with Crippen LogP contribution in [0.25, 0.3) is 0 Å². The van der Waals surface area contributed by atoms with E-state index in [-0.39, 0.29) is 6.10 Å². The molecule has 1 unspecified atom stereocenters. The van der Waals surface area contributed by atoms with Crippen LogP contribution in [0.2, 0.25) is 0 Å². The van der Waals surface area contributed by atoms with Crippen molar-refractivity contribution in [2.75, 3.05) is 0 Å². The highest BCUT2D eigenvalue weighted by molar-refractivity contribution is 4.80. The van der Waals surface area contributed by atoms with E-state index in [4.69, 9.17) is 0 Å². The van der Waals surface area contributed by atoms with Gasteiger partial charge in [0, 0.05) is 0 Å². The number of rotatable bonds is 1. The van der Waals surface area contributed by atoms with Crippen LogP contribution in [-0.2, 0) is 0 Å². The summed E-state index contributed by atoms with van der Waals surface area (Å²) in [4.78, 5) is 0. The van der Waals surface area contributed by atoms with Crippen LogP contribution in [-0.4, -0.2) is 11.2 Å². The summed E-state index contributed by atoms with van der Waals surface area (Å²) in [5.74, 6) is 0.572. The SMILES string of the molecule is CC(O)C1CCC(C)(C)CC1. The minimum absolute atomic E-state index is 0.0916. The van der Waals surface area contributed by atoms with E-state index in [0.29, 0.717) is 11.3 Å². The first-order valence-electron chi connectivity index (χ1n) is 4.69. The lowest BCUT2D eigenvalue weighted by Crippen LogP contribution is -2.27. The Morgan fingerprint density at radius 3 is 2.09 bits per heavy atom. The lowest BCUT2D eigenvalue weighted by Gasteiger charge is -2.35. The van der Waals surface area contributed by atoms with Gasteiger partial charge < -0.3 is 5.11 Å². The molecule has 1 N–H and O–H groups in total. The van der Waals surface area contributed by atoms with Crippen LogP contribution in [0.5, 0.6) is 0 Å². The van der Waals surface area contributed by atoms with E-state index in [9.17, 15) is 5.11 Å². The molecule has 0 aromatic carbocycles. The number of hydrogen-bond donors (Lipinski definition) is 1. The Morgan fingerprint density at radius 2 is 1.73 bits per heavy atom. The molecule has 1 rings (SSSR count). The van der Waals surface area contributed by atoms with Gasteiger partial charge in [-0.15, -0.1) is 0 Å². The van der Waals surface area contributed by atoms with Crippen molar-refractivity contribution in [3.8, 4) is 0 Å². The van der Waals surface area contributed by atoms with Crippen molar-refractivity contribution in [2.24, 2.45) is 11.3 Å². The Balaban J connectivity index is 2.36. The summed E-state index contributed by atoms with van der Waals surface area (Å²) < 4.78 is 0. The van der Waals surface area contributed by atoms with Gasteiger partial charge in [0.2, 0.25) is 0 Å². The van der Waals surface area contributed by atoms with E-state index in [1.54, 1.807) is 0 Å². The molecule has 0 bridgehead atoms. The summed E-state index contributed by atoms with van der Waals surface area (Å²) in [6, 6.07) is 0. The van der Waals surface area contributed by atoms with Crippen LogP contribution in [0.3, 0.4) is 0 Å². The largest absolute Gasteiger partial charge is 0.393 e. The van der Waals surface area contributed by atoms with Crippen LogP contribution in [0.1, 0.15) is 46.5 Å². The summed E-state index contributed by atoms with van der Waals surface area (Å²) in [5.41, 5.74) is 0.533. The summed E-state index contributed by atoms with van der Waals surface area (Å²) in [6.45, 7) is 6.57. The van der Waals surface area contributed by atoms with Gasteiger partial charge in [0.05, 0.1) is 6.10 Å². The van der Waals surface area contributed by atoms with E-state index < -0.39 is 0 Å². The molecule has 1 aliphatic rings. The Morgan fingerprint density at radius 1 is 1.27 bits per heavy atom. The van der Waals surface area contributed by atoms with E-state index in [0.717, 1.165) is 0 Å². The summed E-state index contributed by atoms with van der Waals surface area (Å²) in [7, 11) is 0. The maximum atomic E-state index is 9.35. The van der Waals surface area contributed by atoms with Crippen LogP contribution in [0.15, 0.2) is 0 Å². The van der Waals surface area contributed by atoms with Gasteiger partial charge in [-0.3, -0.25) is 0 Å². The van der Waals surface area contributed by atoms with E-state index in [1.165, 1.54) is 25.7 Å². The molecule has 1 atom stereocenters. The topological polar surface area (TPSA) is 20.2 Å². The third-order valence-electron chi connectivity index (χ3n) is 3.07. The molecule has 66 valence electrons. The number of aliphatic hydroxyl groups is 1. The Bertz CT molecular complexity index is 117. The van der Waals surface area contributed by atoms with Crippen LogP contribution in [0.4, 0.5) is 0 Å². The fourth-order valence-electron chi connectivity index (χ4n) is 1.90. The standard InChI is InChI=1S/C10H20O/c1-8(11)9-4-6-10(2,3)7-5-9/h8-9,11H,4-7H2,1-3H3. The first kappa shape index (κ1) is 9.05. The summed E-state index contributed by atoms with van der Waals surface area (Å²) in [5, 5.41) is 9.35. The molecule has 1 heteroatoms. The minimum atomic E-state index is -0.0916. The Hall–Kier alpha value is -0.0400. The van der Waals surface area contributed by atoms with Gasteiger partial charge in [0.25, 0.3) is 0 Å². The molecule has 0 radical (unpaired) electrons. The minimum Gasteiger partial charge on any atom is -0.393 e. The van der Waals surface area contributed by atoms with Crippen LogP contribution in [0, 0.1) is 11.3 Å². The Kier molecular flexibility index (Phi) is 2.58. The molecule has 0 aliphatic heterocycles. The van der Waals surface area contributed by atoms with Crippen molar-refractivity contribution in [1.82, 2.24) is 0 Å². The second-order valence-corrected chi connectivity index (χ2v) is 4.74. The second-order valence-electron chi connectivity index (χ2n) is 4.74. The predicted molar refractivity (Wildman–Crippen MR) is 47.4 cm³/mol. The first-order valence-corrected chi connectivity index (χ1v) is 4.69. The Labute approximate surface area is 69.8 Å². The molecule has 0 aromatic rings. The molecule has 0 saturated heterocycles. The van der Waals surface area contributed by atoms with Crippen molar-refractivity contribution < 1.29 is 5.11 Å². The average molecular weight is 156 g/mol. The molecule has 0 heterocycles. The van der Waals surface area contributed by atoms with Crippen molar-refractivity contribution >= 4 is 0 Å².